The summed E-state index contributed by atoms with van der Waals surface area (Å²) in [5, 5.41) is 3.91. The summed E-state index contributed by atoms with van der Waals surface area (Å²) in [7, 11) is 0. The molecule has 1 heterocycles. The summed E-state index contributed by atoms with van der Waals surface area (Å²) < 4.78 is 0. The van der Waals surface area contributed by atoms with E-state index in [2.05, 4.69) is 17.1 Å². The smallest absolute Gasteiger partial charge is 0.0309 e. The molecule has 2 aliphatic carbocycles. The average molecular weight is 250 g/mol. The minimum absolute atomic E-state index is 0.488. The molecule has 1 N–H and O–H groups in total. The molecule has 3 fully saturated rings. The van der Waals surface area contributed by atoms with Crippen LogP contribution >= 0.6 is 0 Å². The maximum Gasteiger partial charge on any atom is 0.0309 e. The molecule has 0 amide bonds. The number of hydrogen-bond donors (Lipinski definition) is 1. The summed E-state index contributed by atoms with van der Waals surface area (Å²) in [5.74, 6) is 0. The number of rotatable bonds is 1. The van der Waals surface area contributed by atoms with Crippen LogP contribution in [0, 0.1) is 0 Å². The van der Waals surface area contributed by atoms with Gasteiger partial charge in [0.05, 0.1) is 0 Å². The van der Waals surface area contributed by atoms with Crippen molar-refractivity contribution >= 4 is 0 Å². The Hall–Kier alpha value is -0.0800. The zero-order chi connectivity index (χ0) is 12.4. The van der Waals surface area contributed by atoms with Gasteiger partial charge < -0.3 is 5.32 Å². The lowest BCUT2D eigenvalue weighted by atomic mass is 9.78. The Morgan fingerprint density at radius 2 is 1.61 bits per heavy atom. The fourth-order valence-corrected chi connectivity index (χ4v) is 4.51. The number of hydrogen-bond acceptors (Lipinski definition) is 2. The fourth-order valence-electron chi connectivity index (χ4n) is 4.51. The minimum Gasteiger partial charge on any atom is -0.308 e. The highest BCUT2D eigenvalue weighted by molar-refractivity contribution is 5.00. The van der Waals surface area contributed by atoms with Crippen molar-refractivity contribution in [2.45, 2.75) is 88.8 Å². The molecular weight excluding hydrogens is 220 g/mol. The Bertz CT molecular complexity index is 264. The minimum atomic E-state index is 0.488. The Kier molecular flexibility index (Phi) is 3.95. The predicted octanol–water partition coefficient (Wildman–Crippen LogP) is 3.32. The summed E-state index contributed by atoms with van der Waals surface area (Å²) >= 11 is 0. The van der Waals surface area contributed by atoms with Crippen molar-refractivity contribution in [1.29, 1.82) is 0 Å². The largest absolute Gasteiger partial charge is 0.308 e. The molecule has 1 saturated heterocycles. The number of nitrogens with zero attached hydrogens (tertiary/aromatic N) is 1. The summed E-state index contributed by atoms with van der Waals surface area (Å²) in [6, 6.07) is 1.65. The predicted molar refractivity (Wildman–Crippen MR) is 76.9 cm³/mol. The van der Waals surface area contributed by atoms with Crippen LogP contribution < -0.4 is 5.32 Å². The molecule has 2 nitrogen and oxygen atoms in total. The quantitative estimate of drug-likeness (QED) is 0.768. The first kappa shape index (κ1) is 12.9. The number of nitrogens with one attached hydrogen (secondary N) is 1. The number of piperazine rings is 1. The second-order valence-electron chi connectivity index (χ2n) is 7.04. The SMILES string of the molecule is CC1CNC2(CCCCC2)CN1C1CCCCC1. The second-order valence-corrected chi connectivity index (χ2v) is 7.04. The first-order valence-electron chi connectivity index (χ1n) is 8.30. The highest BCUT2D eigenvalue weighted by Crippen LogP contribution is 2.34. The van der Waals surface area contributed by atoms with E-state index in [0.717, 1.165) is 12.1 Å². The molecule has 2 heteroatoms. The molecule has 0 aromatic carbocycles. The molecule has 18 heavy (non-hydrogen) atoms. The van der Waals surface area contributed by atoms with Gasteiger partial charge in [0, 0.05) is 30.7 Å². The summed E-state index contributed by atoms with van der Waals surface area (Å²) in [4.78, 5) is 2.88. The highest BCUT2D eigenvalue weighted by Gasteiger charge is 2.40. The van der Waals surface area contributed by atoms with Crippen molar-refractivity contribution in [2.24, 2.45) is 0 Å². The molecule has 0 aromatic heterocycles. The maximum atomic E-state index is 3.91. The fraction of sp³-hybridized carbons (Fsp3) is 1.00. The van der Waals surface area contributed by atoms with E-state index in [1.54, 1.807) is 0 Å². The zero-order valence-electron chi connectivity index (χ0n) is 12.1. The molecule has 0 bridgehead atoms. The van der Waals surface area contributed by atoms with Gasteiger partial charge in [0.2, 0.25) is 0 Å². The summed E-state index contributed by atoms with van der Waals surface area (Å²) in [6.07, 6.45) is 14.5. The van der Waals surface area contributed by atoms with Crippen LogP contribution in [0.4, 0.5) is 0 Å². The van der Waals surface area contributed by atoms with Crippen LogP contribution in [0.2, 0.25) is 0 Å². The Labute approximate surface area is 113 Å². The van der Waals surface area contributed by atoms with Gasteiger partial charge in [-0.05, 0) is 32.6 Å². The van der Waals surface area contributed by atoms with Gasteiger partial charge in [-0.2, -0.15) is 0 Å². The van der Waals surface area contributed by atoms with E-state index < -0.39 is 0 Å². The van der Waals surface area contributed by atoms with Crippen LogP contribution in [0.15, 0.2) is 0 Å². The van der Waals surface area contributed by atoms with Crippen LogP contribution in [0.5, 0.6) is 0 Å². The van der Waals surface area contributed by atoms with E-state index in [-0.39, 0.29) is 0 Å². The molecule has 104 valence electrons. The normalized spacial score (nSPS) is 34.8. The van der Waals surface area contributed by atoms with Crippen molar-refractivity contribution in [2.75, 3.05) is 13.1 Å². The molecule has 1 atom stereocenters. The van der Waals surface area contributed by atoms with Crippen molar-refractivity contribution in [3.8, 4) is 0 Å². The first-order chi connectivity index (χ1) is 8.79. The van der Waals surface area contributed by atoms with Crippen LogP contribution in [-0.2, 0) is 0 Å². The van der Waals surface area contributed by atoms with Crippen molar-refractivity contribution < 1.29 is 0 Å². The molecule has 1 unspecified atom stereocenters. The van der Waals surface area contributed by atoms with Gasteiger partial charge in [0.1, 0.15) is 0 Å². The van der Waals surface area contributed by atoms with E-state index in [1.807, 2.05) is 0 Å². The highest BCUT2D eigenvalue weighted by atomic mass is 15.3. The molecular formula is C16H30N2. The molecule has 3 aliphatic rings. The lowest BCUT2D eigenvalue weighted by molar-refractivity contribution is 0.0188. The van der Waals surface area contributed by atoms with Gasteiger partial charge in [-0.1, -0.05) is 38.5 Å². The lowest BCUT2D eigenvalue weighted by Crippen LogP contribution is -2.66. The van der Waals surface area contributed by atoms with E-state index in [1.165, 1.54) is 77.3 Å². The van der Waals surface area contributed by atoms with E-state index in [9.17, 15) is 0 Å². The van der Waals surface area contributed by atoms with Crippen molar-refractivity contribution in [1.82, 2.24) is 10.2 Å². The third-order valence-electron chi connectivity index (χ3n) is 5.68. The van der Waals surface area contributed by atoms with E-state index >= 15 is 0 Å². The van der Waals surface area contributed by atoms with E-state index in [0.29, 0.717) is 5.54 Å². The molecule has 1 spiro atoms. The first-order valence-corrected chi connectivity index (χ1v) is 8.30. The average Bonchev–Trinajstić information content (AvgIpc) is 2.44. The van der Waals surface area contributed by atoms with Gasteiger partial charge in [-0.25, -0.2) is 0 Å². The van der Waals surface area contributed by atoms with Gasteiger partial charge in [-0.3, -0.25) is 4.90 Å². The molecule has 3 rings (SSSR count). The molecule has 1 aliphatic heterocycles. The zero-order valence-corrected chi connectivity index (χ0v) is 12.1. The molecule has 0 aromatic rings. The van der Waals surface area contributed by atoms with Gasteiger partial charge in [0.25, 0.3) is 0 Å². The van der Waals surface area contributed by atoms with Gasteiger partial charge >= 0.3 is 0 Å². The van der Waals surface area contributed by atoms with Crippen LogP contribution in [0.25, 0.3) is 0 Å². The van der Waals surface area contributed by atoms with Gasteiger partial charge in [-0.15, -0.1) is 0 Å². The topological polar surface area (TPSA) is 15.3 Å². The monoisotopic (exact) mass is 250 g/mol. The van der Waals surface area contributed by atoms with Crippen LogP contribution in [0.1, 0.15) is 71.1 Å². The Balaban J connectivity index is 1.67. The Morgan fingerprint density at radius 3 is 2.33 bits per heavy atom. The molecule has 2 saturated carbocycles. The van der Waals surface area contributed by atoms with Crippen molar-refractivity contribution in [3.63, 3.8) is 0 Å². The Morgan fingerprint density at radius 1 is 0.944 bits per heavy atom. The van der Waals surface area contributed by atoms with Crippen molar-refractivity contribution in [3.05, 3.63) is 0 Å². The van der Waals surface area contributed by atoms with Crippen LogP contribution in [-0.4, -0.2) is 35.6 Å². The third-order valence-corrected chi connectivity index (χ3v) is 5.68. The summed E-state index contributed by atoms with van der Waals surface area (Å²) in [6.45, 7) is 4.98. The second kappa shape index (κ2) is 5.50. The lowest BCUT2D eigenvalue weighted by Gasteiger charge is -2.52. The standard InChI is InChI=1S/C16H30N2/c1-14-12-17-16(10-6-3-7-11-16)13-18(14)15-8-4-2-5-9-15/h14-15,17H,2-13H2,1H3. The van der Waals surface area contributed by atoms with Gasteiger partial charge in [0.15, 0.2) is 0 Å². The maximum absolute atomic E-state index is 3.91. The summed E-state index contributed by atoms with van der Waals surface area (Å²) in [5.41, 5.74) is 0.488. The third kappa shape index (κ3) is 2.60. The van der Waals surface area contributed by atoms with Crippen LogP contribution in [0.3, 0.4) is 0 Å². The molecule has 0 radical (unpaired) electrons. The van der Waals surface area contributed by atoms with E-state index in [4.69, 9.17) is 0 Å².